The Balaban J connectivity index is 2.40. The Kier molecular flexibility index (Phi) is 6.38. The van der Waals surface area contributed by atoms with E-state index in [0.29, 0.717) is 5.75 Å². The quantitative estimate of drug-likeness (QED) is 0.609. The number of carbonyl (C=O) groups excluding carboxylic acids is 1. The van der Waals surface area contributed by atoms with Crippen LogP contribution in [0.15, 0.2) is 39.8 Å². The molecule has 1 unspecified atom stereocenters. The Morgan fingerprint density at radius 3 is 2.78 bits per heavy atom. The van der Waals surface area contributed by atoms with E-state index in [-0.39, 0.29) is 13.2 Å². The Hall–Kier alpha value is -0.850. The fourth-order valence-electron chi connectivity index (χ4n) is 1.06. The number of benzene rings is 1. The SMILES string of the molecule is C=CC(=O)OCC(O)COc1ccc(Br)cc1Br. The second-order valence-electron chi connectivity index (χ2n) is 3.37. The van der Waals surface area contributed by atoms with Crippen molar-refractivity contribution in [3.05, 3.63) is 39.8 Å². The van der Waals surface area contributed by atoms with Crippen LogP contribution in [0.5, 0.6) is 5.75 Å². The maximum Gasteiger partial charge on any atom is 0.330 e. The van der Waals surface area contributed by atoms with Gasteiger partial charge >= 0.3 is 5.97 Å². The predicted molar refractivity (Wildman–Crippen MR) is 74.5 cm³/mol. The van der Waals surface area contributed by atoms with E-state index in [9.17, 15) is 9.90 Å². The minimum Gasteiger partial charge on any atom is -0.490 e. The Labute approximate surface area is 122 Å². The van der Waals surface area contributed by atoms with Gasteiger partial charge in [0.05, 0.1) is 4.47 Å². The van der Waals surface area contributed by atoms with Crippen LogP contribution in [0, 0.1) is 0 Å². The van der Waals surface area contributed by atoms with E-state index < -0.39 is 12.1 Å². The summed E-state index contributed by atoms with van der Waals surface area (Å²) in [5, 5.41) is 9.54. The first-order valence-corrected chi connectivity index (χ1v) is 6.66. The van der Waals surface area contributed by atoms with Gasteiger partial charge in [-0.15, -0.1) is 0 Å². The van der Waals surface area contributed by atoms with E-state index in [1.54, 1.807) is 6.07 Å². The first-order valence-electron chi connectivity index (χ1n) is 5.08. The van der Waals surface area contributed by atoms with Crippen LogP contribution in [0.2, 0.25) is 0 Å². The molecule has 0 spiro atoms. The van der Waals surface area contributed by atoms with Gasteiger partial charge in [-0.2, -0.15) is 0 Å². The molecule has 18 heavy (non-hydrogen) atoms. The van der Waals surface area contributed by atoms with Gasteiger partial charge in [0, 0.05) is 10.5 Å². The largest absolute Gasteiger partial charge is 0.490 e. The molecule has 0 aliphatic carbocycles. The lowest BCUT2D eigenvalue weighted by atomic mass is 10.3. The van der Waals surface area contributed by atoms with Gasteiger partial charge in [-0.3, -0.25) is 0 Å². The lowest BCUT2D eigenvalue weighted by Crippen LogP contribution is -2.24. The van der Waals surface area contributed by atoms with Gasteiger partial charge < -0.3 is 14.6 Å². The standard InChI is InChI=1S/C12H12Br2O4/c1-2-12(16)18-7-9(15)6-17-11-4-3-8(13)5-10(11)14/h2-5,9,15H,1,6-7H2. The van der Waals surface area contributed by atoms with Gasteiger partial charge in [0.1, 0.15) is 25.1 Å². The van der Waals surface area contributed by atoms with Crippen molar-refractivity contribution >= 4 is 37.8 Å². The summed E-state index contributed by atoms with van der Waals surface area (Å²) in [5.74, 6) is 0.0335. The number of aliphatic hydroxyl groups excluding tert-OH is 1. The van der Waals surface area contributed by atoms with Crippen molar-refractivity contribution in [3.8, 4) is 5.75 Å². The number of aliphatic hydroxyl groups is 1. The molecule has 1 aromatic rings. The molecule has 0 saturated heterocycles. The average molecular weight is 380 g/mol. The third-order valence-electron chi connectivity index (χ3n) is 1.91. The zero-order valence-corrected chi connectivity index (χ0v) is 12.6. The van der Waals surface area contributed by atoms with Gasteiger partial charge in [-0.25, -0.2) is 4.79 Å². The monoisotopic (exact) mass is 378 g/mol. The summed E-state index contributed by atoms with van der Waals surface area (Å²) in [6, 6.07) is 5.42. The van der Waals surface area contributed by atoms with Crippen LogP contribution >= 0.6 is 31.9 Å². The molecule has 0 fully saturated rings. The minimum atomic E-state index is -0.885. The van der Waals surface area contributed by atoms with Crippen LogP contribution in [0.4, 0.5) is 0 Å². The molecule has 0 radical (unpaired) electrons. The van der Waals surface area contributed by atoms with Crippen molar-refractivity contribution in [1.29, 1.82) is 0 Å². The summed E-state index contributed by atoms with van der Waals surface area (Å²) >= 11 is 6.66. The van der Waals surface area contributed by atoms with Crippen molar-refractivity contribution in [2.75, 3.05) is 13.2 Å². The third kappa shape index (κ3) is 5.20. The second-order valence-corrected chi connectivity index (χ2v) is 5.14. The summed E-state index contributed by atoms with van der Waals surface area (Å²) in [6.45, 7) is 3.16. The fraction of sp³-hybridized carbons (Fsp3) is 0.250. The number of esters is 1. The molecular formula is C12H12Br2O4. The summed E-state index contributed by atoms with van der Waals surface area (Å²) in [4.78, 5) is 10.8. The molecule has 0 bridgehead atoms. The second kappa shape index (κ2) is 7.56. The van der Waals surface area contributed by atoms with Crippen molar-refractivity contribution in [2.45, 2.75) is 6.10 Å². The molecule has 0 aliphatic rings. The number of hydrogen-bond donors (Lipinski definition) is 1. The molecule has 1 N–H and O–H groups in total. The van der Waals surface area contributed by atoms with Crippen LogP contribution in [0.3, 0.4) is 0 Å². The van der Waals surface area contributed by atoms with Crippen LogP contribution in [0.1, 0.15) is 0 Å². The lowest BCUT2D eigenvalue weighted by molar-refractivity contribution is -0.141. The molecule has 1 rings (SSSR count). The molecule has 1 aromatic carbocycles. The van der Waals surface area contributed by atoms with E-state index in [1.165, 1.54) is 0 Å². The highest BCUT2D eigenvalue weighted by atomic mass is 79.9. The highest BCUT2D eigenvalue weighted by Gasteiger charge is 2.09. The molecule has 6 heteroatoms. The molecule has 0 saturated carbocycles. The van der Waals surface area contributed by atoms with Gasteiger partial charge in [0.2, 0.25) is 0 Å². The lowest BCUT2D eigenvalue weighted by Gasteiger charge is -2.13. The molecule has 0 heterocycles. The zero-order chi connectivity index (χ0) is 13.5. The topological polar surface area (TPSA) is 55.8 Å². The van der Waals surface area contributed by atoms with E-state index in [0.717, 1.165) is 15.0 Å². The van der Waals surface area contributed by atoms with Crippen LogP contribution in [0.25, 0.3) is 0 Å². The fourth-order valence-corrected chi connectivity index (χ4v) is 2.23. The van der Waals surface area contributed by atoms with Gasteiger partial charge in [-0.1, -0.05) is 22.5 Å². The molecule has 0 aromatic heterocycles. The zero-order valence-electron chi connectivity index (χ0n) is 9.44. The van der Waals surface area contributed by atoms with Gasteiger partial charge in [-0.05, 0) is 34.1 Å². The summed E-state index contributed by atoms with van der Waals surface area (Å²) in [5.41, 5.74) is 0. The summed E-state index contributed by atoms with van der Waals surface area (Å²) < 4.78 is 11.8. The van der Waals surface area contributed by atoms with Crippen molar-refractivity contribution in [1.82, 2.24) is 0 Å². The normalized spacial score (nSPS) is 11.7. The molecule has 4 nitrogen and oxygen atoms in total. The first-order chi connectivity index (χ1) is 8.52. The highest BCUT2D eigenvalue weighted by molar-refractivity contribution is 9.11. The summed E-state index contributed by atoms with van der Waals surface area (Å²) in [7, 11) is 0. The number of carbonyl (C=O) groups is 1. The summed E-state index contributed by atoms with van der Waals surface area (Å²) in [6.07, 6.45) is 0.156. The predicted octanol–water partition coefficient (Wildman–Crippen LogP) is 2.68. The van der Waals surface area contributed by atoms with Crippen molar-refractivity contribution < 1.29 is 19.4 Å². The molecular weight excluding hydrogens is 368 g/mol. The van der Waals surface area contributed by atoms with E-state index >= 15 is 0 Å². The van der Waals surface area contributed by atoms with Gasteiger partial charge in [0.25, 0.3) is 0 Å². The van der Waals surface area contributed by atoms with Gasteiger partial charge in [0.15, 0.2) is 0 Å². The molecule has 1 atom stereocenters. The first kappa shape index (κ1) is 15.2. The number of hydrogen-bond acceptors (Lipinski definition) is 4. The number of ether oxygens (including phenoxy) is 2. The molecule has 98 valence electrons. The third-order valence-corrected chi connectivity index (χ3v) is 3.02. The maximum atomic E-state index is 10.8. The van der Waals surface area contributed by atoms with E-state index in [2.05, 4.69) is 43.2 Å². The number of rotatable bonds is 6. The molecule has 0 amide bonds. The van der Waals surface area contributed by atoms with Crippen LogP contribution < -0.4 is 4.74 Å². The van der Waals surface area contributed by atoms with E-state index in [1.807, 2.05) is 12.1 Å². The number of halogens is 2. The highest BCUT2D eigenvalue weighted by Crippen LogP contribution is 2.28. The van der Waals surface area contributed by atoms with Crippen LogP contribution in [-0.4, -0.2) is 30.4 Å². The van der Waals surface area contributed by atoms with E-state index in [4.69, 9.17) is 4.74 Å². The maximum absolute atomic E-state index is 10.8. The Morgan fingerprint density at radius 1 is 1.44 bits per heavy atom. The Morgan fingerprint density at radius 2 is 2.17 bits per heavy atom. The van der Waals surface area contributed by atoms with Crippen molar-refractivity contribution in [3.63, 3.8) is 0 Å². The Bertz CT molecular complexity index is 434. The smallest absolute Gasteiger partial charge is 0.330 e. The van der Waals surface area contributed by atoms with Crippen LogP contribution in [-0.2, 0) is 9.53 Å². The molecule has 0 aliphatic heterocycles. The average Bonchev–Trinajstić information content (AvgIpc) is 2.34. The van der Waals surface area contributed by atoms with Crippen molar-refractivity contribution in [2.24, 2.45) is 0 Å². The minimum absolute atomic E-state index is 0.0324.